The number of aliphatic carboxylic acids is 1. The third-order valence-electron chi connectivity index (χ3n) is 4.82. The molecule has 10 nitrogen and oxygen atoms in total. The fraction of sp³-hybridized carbons (Fsp3) is 0.867. The summed E-state index contributed by atoms with van der Waals surface area (Å²) in [4.78, 5) is 28.6. The summed E-state index contributed by atoms with van der Waals surface area (Å²) in [5, 5.41) is 40.5. The summed E-state index contributed by atoms with van der Waals surface area (Å²) in [5.41, 5.74) is -0.984. The van der Waals surface area contributed by atoms with Crippen LogP contribution in [-0.2, 0) is 18.6 Å². The van der Waals surface area contributed by atoms with Crippen LogP contribution in [0.5, 0.6) is 0 Å². The highest BCUT2D eigenvalue weighted by Gasteiger charge is 2.52. The fourth-order valence-electron chi connectivity index (χ4n) is 2.97. The van der Waals surface area contributed by atoms with Gasteiger partial charge in [-0.1, -0.05) is 26.1 Å². The Bertz CT molecular complexity index is 569. The van der Waals surface area contributed by atoms with E-state index in [2.05, 4.69) is 4.52 Å². The first-order valence-electron chi connectivity index (χ1n) is 8.41. The molecule has 1 saturated heterocycles. The van der Waals surface area contributed by atoms with Gasteiger partial charge in [-0.3, -0.25) is 4.52 Å². The SMILES string of the molecule is CC(CCOP(=O)(O)O)CCC(C)(C=S)C1OC(C(=O)O)C(O)C(O)C1O. The predicted octanol–water partition coefficient (Wildman–Crippen LogP) is -0.157. The van der Waals surface area contributed by atoms with E-state index in [1.165, 1.54) is 5.37 Å². The molecule has 0 bridgehead atoms. The first-order chi connectivity index (χ1) is 12.3. The molecule has 0 radical (unpaired) electrons. The van der Waals surface area contributed by atoms with Gasteiger partial charge in [-0.05, 0) is 30.5 Å². The number of ether oxygens (including phenoxy) is 1. The Balaban J connectivity index is 2.76. The molecule has 1 aliphatic rings. The smallest absolute Gasteiger partial charge is 0.469 e. The second-order valence-corrected chi connectivity index (χ2v) is 8.64. The van der Waals surface area contributed by atoms with Crippen molar-refractivity contribution >= 4 is 31.4 Å². The maximum Gasteiger partial charge on any atom is 0.469 e. The topological polar surface area (TPSA) is 174 Å². The van der Waals surface area contributed by atoms with Crippen molar-refractivity contribution in [2.24, 2.45) is 11.3 Å². The second-order valence-electron chi connectivity index (χ2n) is 7.17. The Morgan fingerprint density at radius 3 is 2.33 bits per heavy atom. The van der Waals surface area contributed by atoms with Gasteiger partial charge in [0.25, 0.3) is 0 Å². The van der Waals surface area contributed by atoms with Crippen molar-refractivity contribution in [3.63, 3.8) is 0 Å². The number of hydrogen-bond acceptors (Lipinski definition) is 8. The standard InChI is InChI=1S/C15H27O10PS/c1-8(4-6-24-26(21,22)23)3-5-15(2,7-27)13-11(18)9(16)10(17)12(25-13)14(19)20/h7-13,16-18H,3-6H2,1-2H3,(H,19,20)(H2,21,22,23). The van der Waals surface area contributed by atoms with Crippen molar-refractivity contribution in [1.82, 2.24) is 0 Å². The van der Waals surface area contributed by atoms with Crippen molar-refractivity contribution in [2.75, 3.05) is 6.61 Å². The summed E-state index contributed by atoms with van der Waals surface area (Å²) in [6.45, 7) is 3.36. The Kier molecular flexibility index (Phi) is 8.93. The molecule has 1 fully saturated rings. The lowest BCUT2D eigenvalue weighted by molar-refractivity contribution is -0.242. The molecule has 7 atom stereocenters. The van der Waals surface area contributed by atoms with E-state index in [0.29, 0.717) is 19.3 Å². The zero-order valence-corrected chi connectivity index (χ0v) is 16.8. The number of rotatable bonds is 10. The molecule has 0 aliphatic carbocycles. The van der Waals surface area contributed by atoms with Gasteiger partial charge in [-0.2, -0.15) is 0 Å². The van der Waals surface area contributed by atoms with Gasteiger partial charge >= 0.3 is 13.8 Å². The molecule has 27 heavy (non-hydrogen) atoms. The maximum atomic E-state index is 11.3. The number of carboxylic acid groups (broad SMARTS) is 1. The van der Waals surface area contributed by atoms with Crippen LogP contribution in [0, 0.1) is 11.3 Å². The summed E-state index contributed by atoms with van der Waals surface area (Å²) < 4.78 is 20.5. The molecular weight excluding hydrogens is 403 g/mol. The Hall–Kier alpha value is -0.490. The lowest BCUT2D eigenvalue weighted by atomic mass is 9.74. The van der Waals surface area contributed by atoms with Crippen molar-refractivity contribution in [3.05, 3.63) is 0 Å². The van der Waals surface area contributed by atoms with Gasteiger partial charge in [-0.25, -0.2) is 9.36 Å². The number of aliphatic hydroxyl groups excluding tert-OH is 3. The Labute approximate surface area is 162 Å². The minimum absolute atomic E-state index is 0.0163. The average Bonchev–Trinajstić information content (AvgIpc) is 2.56. The molecule has 0 aromatic carbocycles. The molecule has 0 amide bonds. The number of hydrogen-bond donors (Lipinski definition) is 6. The molecule has 12 heteroatoms. The van der Waals surface area contributed by atoms with Crippen LogP contribution in [0.1, 0.15) is 33.1 Å². The van der Waals surface area contributed by atoms with Gasteiger partial charge in [0.2, 0.25) is 0 Å². The zero-order valence-electron chi connectivity index (χ0n) is 15.0. The van der Waals surface area contributed by atoms with E-state index in [9.17, 15) is 24.7 Å². The molecule has 0 spiro atoms. The van der Waals surface area contributed by atoms with Crippen molar-refractivity contribution in [2.45, 2.75) is 63.6 Å². The average molecular weight is 430 g/mol. The minimum atomic E-state index is -4.52. The maximum absolute atomic E-state index is 11.3. The molecule has 158 valence electrons. The third-order valence-corrected chi connectivity index (χ3v) is 5.88. The van der Waals surface area contributed by atoms with E-state index in [1.807, 2.05) is 6.92 Å². The molecular formula is C15H27O10PS. The van der Waals surface area contributed by atoms with Gasteiger partial charge in [0.1, 0.15) is 18.3 Å². The lowest BCUT2D eigenvalue weighted by Gasteiger charge is -2.46. The van der Waals surface area contributed by atoms with Crippen molar-refractivity contribution in [1.29, 1.82) is 0 Å². The number of thiocarbonyl (C=S) groups is 1. The summed E-state index contributed by atoms with van der Waals surface area (Å²) in [6, 6.07) is 0. The van der Waals surface area contributed by atoms with Gasteiger partial charge in [-0.15, -0.1) is 0 Å². The number of aliphatic hydroxyl groups is 3. The van der Waals surface area contributed by atoms with E-state index in [1.54, 1.807) is 6.92 Å². The highest BCUT2D eigenvalue weighted by Crippen LogP contribution is 2.38. The summed E-state index contributed by atoms with van der Waals surface area (Å²) >= 11 is 5.05. The first-order valence-corrected chi connectivity index (χ1v) is 10.4. The van der Waals surface area contributed by atoms with E-state index < -0.39 is 49.7 Å². The van der Waals surface area contributed by atoms with Crippen LogP contribution in [0.3, 0.4) is 0 Å². The summed E-state index contributed by atoms with van der Waals surface area (Å²) in [7, 11) is -4.52. The minimum Gasteiger partial charge on any atom is -0.479 e. The van der Waals surface area contributed by atoms with Gasteiger partial charge < -0.3 is 34.9 Å². The predicted molar refractivity (Wildman–Crippen MR) is 97.1 cm³/mol. The Morgan fingerprint density at radius 1 is 1.26 bits per heavy atom. The highest BCUT2D eigenvalue weighted by molar-refractivity contribution is 7.79. The first kappa shape index (κ1) is 24.5. The third kappa shape index (κ3) is 6.81. The van der Waals surface area contributed by atoms with Crippen LogP contribution in [0.15, 0.2) is 0 Å². The van der Waals surface area contributed by atoms with Crippen LogP contribution in [0.4, 0.5) is 0 Å². The number of carboxylic acids is 1. The van der Waals surface area contributed by atoms with Gasteiger partial charge in [0.05, 0.1) is 12.7 Å². The fourth-order valence-corrected chi connectivity index (χ4v) is 3.57. The quantitative estimate of drug-likeness (QED) is 0.201. The zero-order chi connectivity index (χ0) is 21.0. The van der Waals surface area contributed by atoms with Gasteiger partial charge in [0, 0.05) is 5.41 Å². The number of phosphoric acid groups is 1. The van der Waals surface area contributed by atoms with Crippen LogP contribution in [0.25, 0.3) is 0 Å². The molecule has 7 unspecified atom stereocenters. The molecule has 1 heterocycles. The van der Waals surface area contributed by atoms with Crippen LogP contribution in [-0.4, -0.2) is 78.7 Å². The normalized spacial score (nSPS) is 32.5. The number of phosphoric ester groups is 1. The van der Waals surface area contributed by atoms with Gasteiger partial charge in [0.15, 0.2) is 6.10 Å². The highest BCUT2D eigenvalue weighted by atomic mass is 32.1. The molecule has 0 aromatic heterocycles. The monoisotopic (exact) mass is 430 g/mol. The van der Waals surface area contributed by atoms with E-state index in [0.717, 1.165) is 0 Å². The summed E-state index contributed by atoms with van der Waals surface area (Å²) in [6.07, 6.45) is -6.62. The second kappa shape index (κ2) is 9.82. The van der Waals surface area contributed by atoms with Crippen molar-refractivity contribution in [3.8, 4) is 0 Å². The molecule has 1 aliphatic heterocycles. The Morgan fingerprint density at radius 2 is 1.85 bits per heavy atom. The van der Waals surface area contributed by atoms with E-state index in [4.69, 9.17) is 31.8 Å². The largest absolute Gasteiger partial charge is 0.479 e. The van der Waals surface area contributed by atoms with E-state index >= 15 is 0 Å². The van der Waals surface area contributed by atoms with Crippen molar-refractivity contribution < 1.29 is 48.8 Å². The number of carbonyl (C=O) groups is 1. The summed E-state index contributed by atoms with van der Waals surface area (Å²) in [5.74, 6) is -1.48. The lowest BCUT2D eigenvalue weighted by Crippen LogP contribution is -2.63. The van der Waals surface area contributed by atoms with Crippen LogP contribution >= 0.6 is 20.0 Å². The molecule has 1 rings (SSSR count). The molecule has 0 saturated carbocycles. The van der Waals surface area contributed by atoms with Crippen LogP contribution in [0.2, 0.25) is 0 Å². The van der Waals surface area contributed by atoms with Crippen LogP contribution < -0.4 is 0 Å². The molecule has 0 aromatic rings. The molecule has 6 N–H and O–H groups in total. The van der Waals surface area contributed by atoms with E-state index in [-0.39, 0.29) is 12.5 Å².